The fourth-order valence-corrected chi connectivity index (χ4v) is 5.09. The van der Waals surface area contributed by atoms with Gasteiger partial charge in [0.2, 0.25) is 10.0 Å². The topological polar surface area (TPSA) is 80.8 Å². The minimum absolute atomic E-state index is 0.00404. The fraction of sp³-hybridized carbons (Fsp3) is 0.300. The van der Waals surface area contributed by atoms with Crippen LogP contribution in [0.25, 0.3) is 0 Å². The minimum atomic E-state index is -3.86. The Hall–Kier alpha value is -2.22. The minimum Gasteiger partial charge on any atom is -0.465 e. The Morgan fingerprint density at radius 1 is 1.04 bits per heavy atom. The summed E-state index contributed by atoms with van der Waals surface area (Å²) < 4.78 is 32.1. The zero-order valence-electron chi connectivity index (χ0n) is 15.3. The third-order valence-corrected chi connectivity index (χ3v) is 7.07. The van der Waals surface area contributed by atoms with Crippen LogP contribution in [0.3, 0.4) is 0 Å². The van der Waals surface area contributed by atoms with Gasteiger partial charge in [0.1, 0.15) is 0 Å². The molecule has 0 unspecified atom stereocenters. The molecule has 0 N–H and O–H groups in total. The summed E-state index contributed by atoms with van der Waals surface area (Å²) in [6.45, 7) is 0.420. The van der Waals surface area contributed by atoms with Crippen molar-refractivity contribution in [1.82, 2.24) is 4.31 Å². The van der Waals surface area contributed by atoms with Gasteiger partial charge in [0.25, 0.3) is 0 Å². The van der Waals surface area contributed by atoms with Gasteiger partial charge in [-0.15, -0.1) is 0 Å². The Balaban J connectivity index is 1.75. The number of nitrogens with zero attached hydrogens (tertiary/aromatic N) is 1. The van der Waals surface area contributed by atoms with Crippen molar-refractivity contribution in [2.24, 2.45) is 5.92 Å². The molecule has 1 aliphatic rings. The number of esters is 1. The number of halogens is 1. The van der Waals surface area contributed by atoms with E-state index in [9.17, 15) is 18.0 Å². The number of sulfonamides is 1. The van der Waals surface area contributed by atoms with Gasteiger partial charge in [0, 0.05) is 29.6 Å². The van der Waals surface area contributed by atoms with E-state index in [1.807, 2.05) is 0 Å². The van der Waals surface area contributed by atoms with Crippen LogP contribution in [-0.4, -0.2) is 44.7 Å². The number of ether oxygens (including phenoxy) is 1. The van der Waals surface area contributed by atoms with Crippen molar-refractivity contribution >= 4 is 33.4 Å². The summed E-state index contributed by atoms with van der Waals surface area (Å²) in [6.07, 6.45) is 0.835. The fourth-order valence-electron chi connectivity index (χ4n) is 3.32. The van der Waals surface area contributed by atoms with Crippen LogP contribution in [-0.2, 0) is 14.8 Å². The van der Waals surface area contributed by atoms with Crippen LogP contribution in [0.4, 0.5) is 0 Å². The molecule has 1 aliphatic heterocycles. The zero-order chi connectivity index (χ0) is 20.3. The number of rotatable bonds is 5. The van der Waals surface area contributed by atoms with Crippen molar-refractivity contribution in [3.05, 3.63) is 64.7 Å². The molecular weight excluding hydrogens is 402 g/mol. The average molecular weight is 422 g/mol. The lowest BCUT2D eigenvalue weighted by Crippen LogP contribution is -2.40. The monoisotopic (exact) mass is 421 g/mol. The number of carbonyl (C=O) groups excluding carboxylic acids is 2. The molecule has 3 rings (SSSR count). The van der Waals surface area contributed by atoms with Crippen LogP contribution in [0.2, 0.25) is 5.02 Å². The quantitative estimate of drug-likeness (QED) is 0.546. The second-order valence-corrected chi connectivity index (χ2v) is 8.88. The highest BCUT2D eigenvalue weighted by Gasteiger charge is 2.34. The Kier molecular flexibility index (Phi) is 6.17. The molecular formula is C20H20ClNO5S. The molecule has 1 saturated heterocycles. The van der Waals surface area contributed by atoms with E-state index < -0.39 is 16.0 Å². The summed E-state index contributed by atoms with van der Waals surface area (Å²) in [4.78, 5) is 24.5. The average Bonchev–Trinajstić information content (AvgIpc) is 2.73. The van der Waals surface area contributed by atoms with Crippen LogP contribution >= 0.6 is 11.6 Å². The molecule has 8 heteroatoms. The van der Waals surface area contributed by atoms with Crippen molar-refractivity contribution in [2.45, 2.75) is 17.7 Å². The predicted molar refractivity (Wildman–Crippen MR) is 105 cm³/mol. The second-order valence-electron chi connectivity index (χ2n) is 6.54. The van der Waals surface area contributed by atoms with Crippen molar-refractivity contribution in [2.75, 3.05) is 20.2 Å². The van der Waals surface area contributed by atoms with E-state index >= 15 is 0 Å². The van der Waals surface area contributed by atoms with E-state index in [1.165, 1.54) is 23.5 Å². The molecule has 0 atom stereocenters. The molecule has 0 radical (unpaired) electrons. The van der Waals surface area contributed by atoms with Gasteiger partial charge >= 0.3 is 5.97 Å². The summed E-state index contributed by atoms with van der Waals surface area (Å²) in [5, 5.41) is 0.557. The molecule has 6 nitrogen and oxygen atoms in total. The maximum Gasteiger partial charge on any atom is 0.339 e. The Morgan fingerprint density at radius 3 is 2.25 bits per heavy atom. The van der Waals surface area contributed by atoms with E-state index in [0.29, 0.717) is 23.4 Å². The van der Waals surface area contributed by atoms with Gasteiger partial charge in [-0.3, -0.25) is 4.79 Å². The standard InChI is InChI=1S/C20H20ClNO5S/c1-27-20(24)17-4-2-3-5-18(17)28(25,26)22-12-10-15(11-13-22)19(23)14-6-8-16(21)9-7-14/h2-9,15H,10-13H2,1H3. The van der Waals surface area contributed by atoms with Crippen molar-refractivity contribution in [1.29, 1.82) is 0 Å². The number of piperidine rings is 1. The number of hydrogen-bond acceptors (Lipinski definition) is 5. The Morgan fingerprint density at radius 2 is 1.64 bits per heavy atom. The lowest BCUT2D eigenvalue weighted by Gasteiger charge is -2.31. The lowest BCUT2D eigenvalue weighted by molar-refractivity contribution is 0.0596. The van der Waals surface area contributed by atoms with Crippen molar-refractivity contribution in [3.63, 3.8) is 0 Å². The Bertz CT molecular complexity index is 980. The van der Waals surface area contributed by atoms with E-state index in [0.717, 1.165) is 0 Å². The first-order valence-corrected chi connectivity index (χ1v) is 10.6. The normalized spacial score (nSPS) is 15.9. The van der Waals surface area contributed by atoms with Gasteiger partial charge < -0.3 is 4.74 Å². The maximum atomic E-state index is 13.0. The first-order chi connectivity index (χ1) is 13.3. The summed E-state index contributed by atoms with van der Waals surface area (Å²) >= 11 is 5.86. The molecule has 28 heavy (non-hydrogen) atoms. The van der Waals surface area contributed by atoms with E-state index in [2.05, 4.69) is 4.74 Å². The summed E-state index contributed by atoms with van der Waals surface area (Å²) in [5.41, 5.74) is 0.575. The third-order valence-electron chi connectivity index (χ3n) is 4.86. The number of Topliss-reactive ketones (excluding diaryl/α,β-unsaturated/α-hetero) is 1. The molecule has 0 amide bonds. The summed E-state index contributed by atoms with van der Waals surface area (Å²) in [5.74, 6) is -0.959. The van der Waals surface area contributed by atoms with E-state index in [1.54, 1.807) is 36.4 Å². The molecule has 1 fully saturated rings. The van der Waals surface area contributed by atoms with E-state index in [4.69, 9.17) is 11.6 Å². The SMILES string of the molecule is COC(=O)c1ccccc1S(=O)(=O)N1CCC(C(=O)c2ccc(Cl)cc2)CC1. The van der Waals surface area contributed by atoms with Crippen LogP contribution < -0.4 is 0 Å². The third kappa shape index (κ3) is 4.11. The van der Waals surface area contributed by atoms with Crippen LogP contribution in [0.5, 0.6) is 0 Å². The molecule has 0 bridgehead atoms. The molecule has 0 aromatic heterocycles. The van der Waals surface area contributed by atoms with Gasteiger partial charge in [0.05, 0.1) is 17.6 Å². The molecule has 148 valence electrons. The molecule has 0 aliphatic carbocycles. The maximum absolute atomic E-state index is 13.0. The lowest BCUT2D eigenvalue weighted by atomic mass is 9.90. The van der Waals surface area contributed by atoms with Crippen molar-refractivity contribution < 1.29 is 22.7 Å². The Labute approximate surface area is 169 Å². The number of hydrogen-bond donors (Lipinski definition) is 0. The number of benzene rings is 2. The van der Waals surface area contributed by atoms with Crippen LogP contribution in [0.15, 0.2) is 53.4 Å². The summed E-state index contributed by atoms with van der Waals surface area (Å²) in [6, 6.07) is 12.7. The van der Waals surface area contributed by atoms with Gasteiger partial charge in [-0.1, -0.05) is 23.7 Å². The van der Waals surface area contributed by atoms with Gasteiger partial charge in [-0.2, -0.15) is 4.31 Å². The molecule has 2 aromatic rings. The highest BCUT2D eigenvalue weighted by molar-refractivity contribution is 7.89. The highest BCUT2D eigenvalue weighted by Crippen LogP contribution is 2.28. The smallest absolute Gasteiger partial charge is 0.339 e. The molecule has 0 spiro atoms. The first kappa shape index (κ1) is 20.5. The number of methoxy groups -OCH3 is 1. The summed E-state index contributed by atoms with van der Waals surface area (Å²) in [7, 11) is -2.66. The molecule has 0 saturated carbocycles. The second kappa shape index (κ2) is 8.43. The largest absolute Gasteiger partial charge is 0.465 e. The van der Waals surface area contributed by atoms with Gasteiger partial charge in [-0.25, -0.2) is 13.2 Å². The zero-order valence-corrected chi connectivity index (χ0v) is 16.9. The van der Waals surface area contributed by atoms with Crippen LogP contribution in [0.1, 0.15) is 33.6 Å². The van der Waals surface area contributed by atoms with Crippen molar-refractivity contribution in [3.8, 4) is 0 Å². The first-order valence-electron chi connectivity index (χ1n) is 8.82. The highest BCUT2D eigenvalue weighted by atomic mass is 35.5. The number of carbonyl (C=O) groups is 2. The predicted octanol–water partition coefficient (Wildman–Crippen LogP) is 3.41. The van der Waals surface area contributed by atoms with Gasteiger partial charge in [-0.05, 0) is 49.2 Å². The molecule has 1 heterocycles. The molecule has 2 aromatic carbocycles. The van der Waals surface area contributed by atoms with E-state index in [-0.39, 0.29) is 35.2 Å². The van der Waals surface area contributed by atoms with Gasteiger partial charge in [0.15, 0.2) is 5.78 Å². The van der Waals surface area contributed by atoms with Crippen LogP contribution in [0, 0.1) is 5.92 Å². The number of ketones is 1.